The van der Waals surface area contributed by atoms with E-state index in [0.29, 0.717) is 5.92 Å². The molecule has 0 unspecified atom stereocenters. The Morgan fingerprint density at radius 3 is 1.54 bits per heavy atom. The van der Waals surface area contributed by atoms with Gasteiger partial charge in [0.05, 0.1) is 0 Å². The number of halogens is 4. The zero-order valence-electron chi connectivity index (χ0n) is 21.2. The first kappa shape index (κ1) is 25.3. The Bertz CT molecular complexity index is 1340. The van der Waals surface area contributed by atoms with Gasteiger partial charge >= 0.3 is 7.25 Å². The molecule has 0 fully saturated rings. The van der Waals surface area contributed by atoms with Crippen LogP contribution in [0.25, 0.3) is 33.6 Å². The Labute approximate surface area is 215 Å². The average molecular weight is 503 g/mol. The molecule has 2 aliphatic rings. The van der Waals surface area contributed by atoms with Crippen LogP contribution in [0.3, 0.4) is 0 Å². The van der Waals surface area contributed by atoms with Crippen LogP contribution in [-0.4, -0.2) is 7.25 Å². The maximum absolute atomic E-state index is 9.75. The molecule has 0 spiro atoms. The molecule has 37 heavy (non-hydrogen) atoms. The molecule has 0 saturated heterocycles. The third kappa shape index (κ3) is 5.20. The minimum Gasteiger partial charge on any atom is -0.418 e. The molecule has 0 bridgehead atoms. The number of hydrogen-bond acceptors (Lipinski definition) is 0. The summed E-state index contributed by atoms with van der Waals surface area (Å²) in [5.41, 5.74) is 14.7. The predicted octanol–water partition coefficient (Wildman–Crippen LogP) is 8.13. The Hall–Kier alpha value is -3.41. The Morgan fingerprint density at radius 2 is 1.08 bits per heavy atom. The van der Waals surface area contributed by atoms with E-state index in [1.54, 1.807) is 11.1 Å². The van der Waals surface area contributed by atoms with Gasteiger partial charge in [-0.25, -0.2) is 0 Å². The molecule has 0 atom stereocenters. The van der Waals surface area contributed by atoms with Gasteiger partial charge in [-0.2, -0.15) is 4.57 Å². The van der Waals surface area contributed by atoms with Crippen molar-refractivity contribution in [1.29, 1.82) is 0 Å². The lowest BCUT2D eigenvalue weighted by atomic mass is 9.77. The highest BCUT2D eigenvalue weighted by Crippen LogP contribution is 2.44. The molecule has 0 saturated carbocycles. The SMILES string of the molecule is CC(C)C[n+]1c2c(c(-c3ccccc3)c3c1-c1ccccc1CC3)CCc1ccccc1-2.F[B-](F)(F)F. The second kappa shape index (κ2) is 10.2. The summed E-state index contributed by atoms with van der Waals surface area (Å²) < 4.78 is 41.7. The quantitative estimate of drug-likeness (QED) is 0.151. The third-order valence-corrected chi connectivity index (χ3v) is 7.16. The van der Waals surface area contributed by atoms with E-state index < -0.39 is 7.25 Å². The molecule has 0 N–H and O–H groups in total. The molecule has 0 aliphatic heterocycles. The number of hydrogen-bond donors (Lipinski definition) is 0. The van der Waals surface area contributed by atoms with E-state index in [1.807, 2.05) is 0 Å². The van der Waals surface area contributed by atoms with E-state index in [2.05, 4.69) is 97.3 Å². The zero-order chi connectivity index (χ0) is 26.2. The number of aryl methyl sites for hydroxylation is 2. The van der Waals surface area contributed by atoms with Gasteiger partial charge in [-0.3, -0.25) is 0 Å². The first-order valence-corrected chi connectivity index (χ1v) is 12.9. The van der Waals surface area contributed by atoms with Crippen LogP contribution in [0.2, 0.25) is 0 Å². The molecule has 0 radical (unpaired) electrons. The second-order valence-electron chi connectivity index (χ2n) is 10.2. The van der Waals surface area contributed by atoms with Crippen molar-refractivity contribution in [2.45, 2.75) is 46.1 Å². The van der Waals surface area contributed by atoms with E-state index in [4.69, 9.17) is 0 Å². The van der Waals surface area contributed by atoms with Gasteiger partial charge in [-0.05, 0) is 54.5 Å². The van der Waals surface area contributed by atoms with Crippen molar-refractivity contribution >= 4 is 7.25 Å². The van der Waals surface area contributed by atoms with Crippen LogP contribution in [0.1, 0.15) is 36.1 Å². The summed E-state index contributed by atoms with van der Waals surface area (Å²) in [5, 5.41) is 0. The molecule has 0 amide bonds. The molecule has 6 rings (SSSR count). The number of pyridine rings is 1. The van der Waals surface area contributed by atoms with Crippen LogP contribution < -0.4 is 4.57 Å². The summed E-state index contributed by atoms with van der Waals surface area (Å²) in [4.78, 5) is 0. The lowest BCUT2D eigenvalue weighted by molar-refractivity contribution is -0.681. The van der Waals surface area contributed by atoms with E-state index in [-0.39, 0.29) is 0 Å². The summed E-state index contributed by atoms with van der Waals surface area (Å²) in [6.45, 7) is 5.74. The summed E-state index contributed by atoms with van der Waals surface area (Å²) in [7, 11) is -6.00. The van der Waals surface area contributed by atoms with Gasteiger partial charge in [-0.15, -0.1) is 0 Å². The number of nitrogens with zero attached hydrogens (tertiary/aromatic N) is 1. The largest absolute Gasteiger partial charge is 0.673 e. The maximum atomic E-state index is 9.75. The monoisotopic (exact) mass is 503 g/mol. The van der Waals surface area contributed by atoms with Crippen LogP contribution in [0, 0.1) is 5.92 Å². The average Bonchev–Trinajstić information content (AvgIpc) is 2.87. The molecule has 1 nitrogen and oxygen atoms in total. The molecule has 1 heterocycles. The number of fused-ring (bicyclic) bond motifs is 6. The highest BCUT2D eigenvalue weighted by molar-refractivity contribution is 6.50. The summed E-state index contributed by atoms with van der Waals surface area (Å²) in [5.74, 6) is 0.582. The van der Waals surface area contributed by atoms with Crippen LogP contribution in [0.5, 0.6) is 0 Å². The fourth-order valence-electron chi connectivity index (χ4n) is 5.92. The van der Waals surface area contributed by atoms with Gasteiger partial charge in [0.25, 0.3) is 0 Å². The lowest BCUT2D eigenvalue weighted by Gasteiger charge is -2.29. The highest BCUT2D eigenvalue weighted by Gasteiger charge is 2.37. The van der Waals surface area contributed by atoms with Crippen molar-refractivity contribution in [2.75, 3.05) is 0 Å². The predicted molar refractivity (Wildman–Crippen MR) is 143 cm³/mol. The van der Waals surface area contributed by atoms with Crippen molar-refractivity contribution < 1.29 is 21.8 Å². The smallest absolute Gasteiger partial charge is 0.418 e. The third-order valence-electron chi connectivity index (χ3n) is 7.16. The first-order valence-electron chi connectivity index (χ1n) is 12.9. The molecule has 190 valence electrons. The van der Waals surface area contributed by atoms with Crippen LogP contribution >= 0.6 is 0 Å². The van der Waals surface area contributed by atoms with Gasteiger partial charge < -0.3 is 17.3 Å². The van der Waals surface area contributed by atoms with Crippen molar-refractivity contribution in [2.24, 2.45) is 5.92 Å². The maximum Gasteiger partial charge on any atom is 0.673 e. The first-order chi connectivity index (χ1) is 17.7. The Balaban J connectivity index is 0.000000514. The van der Waals surface area contributed by atoms with Gasteiger partial charge in [0, 0.05) is 33.7 Å². The summed E-state index contributed by atoms with van der Waals surface area (Å²) in [6, 6.07) is 29.3. The molecular formula is C31H30BF4N. The Morgan fingerprint density at radius 1 is 0.649 bits per heavy atom. The molecular weight excluding hydrogens is 473 g/mol. The summed E-state index contributed by atoms with van der Waals surface area (Å²) in [6.07, 6.45) is 4.48. The van der Waals surface area contributed by atoms with Gasteiger partial charge in [-0.1, -0.05) is 80.6 Å². The van der Waals surface area contributed by atoms with Crippen molar-refractivity contribution in [3.63, 3.8) is 0 Å². The van der Waals surface area contributed by atoms with E-state index in [9.17, 15) is 17.3 Å². The number of rotatable bonds is 3. The minimum absolute atomic E-state index is 0.582. The molecule has 4 aromatic rings. The van der Waals surface area contributed by atoms with Crippen LogP contribution in [-0.2, 0) is 32.2 Å². The fraction of sp³-hybridized carbons (Fsp3) is 0.258. The van der Waals surface area contributed by atoms with E-state index >= 15 is 0 Å². The highest BCUT2D eigenvalue weighted by atomic mass is 19.5. The molecule has 2 aliphatic carbocycles. The standard InChI is InChI=1S/C31H30N.BF4/c1-21(2)20-32-30-25-14-8-6-10-22(25)16-18-27(30)29(24-12-4-3-5-13-24)28-19-17-23-11-7-9-15-26(23)31(28)32;2-1(3,4)5/h3-15,21H,16-20H2,1-2H3;/q+1;-1. The minimum atomic E-state index is -6.00. The van der Waals surface area contributed by atoms with E-state index in [0.717, 1.165) is 32.2 Å². The van der Waals surface area contributed by atoms with Gasteiger partial charge in [0.1, 0.15) is 0 Å². The van der Waals surface area contributed by atoms with Crippen molar-refractivity contribution in [3.8, 4) is 33.6 Å². The van der Waals surface area contributed by atoms with Crippen molar-refractivity contribution in [1.82, 2.24) is 0 Å². The number of aromatic nitrogens is 1. The molecule has 1 aromatic heterocycles. The van der Waals surface area contributed by atoms with Crippen LogP contribution in [0.15, 0.2) is 78.9 Å². The Kier molecular flexibility index (Phi) is 6.93. The topological polar surface area (TPSA) is 3.88 Å². The zero-order valence-corrected chi connectivity index (χ0v) is 21.2. The lowest BCUT2D eigenvalue weighted by Crippen LogP contribution is -2.45. The number of benzene rings is 3. The van der Waals surface area contributed by atoms with E-state index in [1.165, 1.54) is 44.8 Å². The molecule has 3 aromatic carbocycles. The fourth-order valence-corrected chi connectivity index (χ4v) is 5.92. The molecule has 6 heteroatoms. The van der Waals surface area contributed by atoms with Gasteiger partial charge in [0.2, 0.25) is 11.4 Å². The van der Waals surface area contributed by atoms with Crippen molar-refractivity contribution in [3.05, 3.63) is 101 Å². The summed E-state index contributed by atoms with van der Waals surface area (Å²) >= 11 is 0. The van der Waals surface area contributed by atoms with Crippen LogP contribution in [0.4, 0.5) is 17.3 Å². The normalized spacial score (nSPS) is 13.6. The van der Waals surface area contributed by atoms with Gasteiger partial charge in [0.15, 0.2) is 6.54 Å². The second-order valence-corrected chi connectivity index (χ2v) is 10.2.